The van der Waals surface area contributed by atoms with Crippen molar-refractivity contribution in [2.75, 3.05) is 4.90 Å². The summed E-state index contributed by atoms with van der Waals surface area (Å²) in [6, 6.07) is 12.2. The number of anilines is 1. The van der Waals surface area contributed by atoms with Crippen LogP contribution in [0.15, 0.2) is 52.5 Å². The SMILES string of the molecule is CCc1ccc(N2C(=O)C(=Cc3ccc(O)c(Br)c3)C(=O)NC2=S)cc1. The van der Waals surface area contributed by atoms with Gasteiger partial charge >= 0.3 is 0 Å². The Hall–Kier alpha value is -2.51. The molecule has 0 unspecified atom stereocenters. The average Bonchev–Trinajstić information content (AvgIpc) is 2.62. The lowest BCUT2D eigenvalue weighted by Gasteiger charge is -2.29. The van der Waals surface area contributed by atoms with Gasteiger partial charge in [-0.05, 0) is 76.0 Å². The Morgan fingerprint density at radius 2 is 1.88 bits per heavy atom. The van der Waals surface area contributed by atoms with E-state index in [1.54, 1.807) is 24.3 Å². The number of aryl methyl sites for hydroxylation is 1. The molecule has 1 heterocycles. The molecule has 2 aromatic rings. The van der Waals surface area contributed by atoms with E-state index in [4.69, 9.17) is 12.2 Å². The molecule has 0 bridgehead atoms. The van der Waals surface area contributed by atoms with Gasteiger partial charge in [0.2, 0.25) is 0 Å². The highest BCUT2D eigenvalue weighted by Crippen LogP contribution is 2.27. The number of thiocarbonyl (C=S) groups is 1. The Bertz CT molecular complexity index is 938. The van der Waals surface area contributed by atoms with Gasteiger partial charge in [-0.1, -0.05) is 25.1 Å². The van der Waals surface area contributed by atoms with Crippen molar-refractivity contribution in [1.82, 2.24) is 5.32 Å². The molecule has 2 amide bonds. The normalized spacial score (nSPS) is 16.2. The number of hydrogen-bond acceptors (Lipinski definition) is 4. The van der Waals surface area contributed by atoms with Gasteiger partial charge in [-0.2, -0.15) is 0 Å². The summed E-state index contributed by atoms with van der Waals surface area (Å²) in [5.41, 5.74) is 2.30. The van der Waals surface area contributed by atoms with Crippen LogP contribution < -0.4 is 10.2 Å². The van der Waals surface area contributed by atoms with Crippen LogP contribution in [-0.2, 0) is 16.0 Å². The summed E-state index contributed by atoms with van der Waals surface area (Å²) >= 11 is 8.40. The molecule has 7 heteroatoms. The molecular formula is C19H15BrN2O3S. The van der Waals surface area contributed by atoms with Gasteiger partial charge in [0, 0.05) is 0 Å². The Balaban J connectivity index is 1.99. The van der Waals surface area contributed by atoms with Gasteiger partial charge < -0.3 is 5.11 Å². The molecule has 2 aromatic carbocycles. The van der Waals surface area contributed by atoms with E-state index in [-0.39, 0.29) is 16.4 Å². The van der Waals surface area contributed by atoms with E-state index in [1.165, 1.54) is 17.0 Å². The van der Waals surface area contributed by atoms with Crippen molar-refractivity contribution in [3.05, 3.63) is 63.6 Å². The number of benzene rings is 2. The number of phenols is 1. The molecule has 26 heavy (non-hydrogen) atoms. The van der Waals surface area contributed by atoms with Crippen molar-refractivity contribution in [3.8, 4) is 5.75 Å². The smallest absolute Gasteiger partial charge is 0.270 e. The van der Waals surface area contributed by atoms with Crippen LogP contribution in [0, 0.1) is 0 Å². The number of aromatic hydroxyl groups is 1. The highest BCUT2D eigenvalue weighted by Gasteiger charge is 2.34. The first kappa shape index (κ1) is 18.3. The monoisotopic (exact) mass is 430 g/mol. The fourth-order valence-corrected chi connectivity index (χ4v) is 3.23. The maximum Gasteiger partial charge on any atom is 0.270 e. The molecule has 5 nitrogen and oxygen atoms in total. The highest BCUT2D eigenvalue weighted by molar-refractivity contribution is 9.10. The van der Waals surface area contributed by atoms with Gasteiger partial charge in [-0.25, -0.2) is 0 Å². The van der Waals surface area contributed by atoms with E-state index in [1.807, 2.05) is 19.1 Å². The van der Waals surface area contributed by atoms with Crippen LogP contribution in [0.3, 0.4) is 0 Å². The number of hydrogen-bond donors (Lipinski definition) is 2. The fourth-order valence-electron chi connectivity index (χ4n) is 2.55. The van der Waals surface area contributed by atoms with Crippen LogP contribution in [0.1, 0.15) is 18.1 Å². The van der Waals surface area contributed by atoms with Gasteiger partial charge in [0.15, 0.2) is 5.11 Å². The average molecular weight is 431 g/mol. The fraction of sp³-hybridized carbons (Fsp3) is 0.105. The van der Waals surface area contributed by atoms with Crippen LogP contribution in [0.5, 0.6) is 5.75 Å². The number of rotatable bonds is 3. The second kappa shape index (κ2) is 7.39. The maximum atomic E-state index is 12.9. The van der Waals surface area contributed by atoms with Crippen LogP contribution in [0.2, 0.25) is 0 Å². The lowest BCUT2D eigenvalue weighted by Crippen LogP contribution is -2.54. The Labute approximate surface area is 164 Å². The summed E-state index contributed by atoms with van der Waals surface area (Å²) < 4.78 is 0.470. The summed E-state index contributed by atoms with van der Waals surface area (Å²) in [5, 5.41) is 12.2. The van der Waals surface area contributed by atoms with Gasteiger partial charge in [-0.3, -0.25) is 19.8 Å². The van der Waals surface area contributed by atoms with Gasteiger partial charge in [0.1, 0.15) is 11.3 Å². The molecule has 132 valence electrons. The zero-order valence-corrected chi connectivity index (χ0v) is 16.2. The van der Waals surface area contributed by atoms with Crippen molar-refractivity contribution >= 4 is 56.8 Å². The molecule has 3 rings (SSSR count). The molecule has 1 aliphatic rings. The lowest BCUT2D eigenvalue weighted by molar-refractivity contribution is -0.122. The van der Waals surface area contributed by atoms with Crippen molar-refractivity contribution in [3.63, 3.8) is 0 Å². The summed E-state index contributed by atoms with van der Waals surface area (Å²) in [4.78, 5) is 26.5. The summed E-state index contributed by atoms with van der Waals surface area (Å²) in [5.74, 6) is -0.969. The molecule has 0 saturated carbocycles. The predicted molar refractivity (Wildman–Crippen MR) is 108 cm³/mol. The first-order chi connectivity index (χ1) is 12.4. The van der Waals surface area contributed by atoms with E-state index >= 15 is 0 Å². The number of carbonyl (C=O) groups is 2. The minimum absolute atomic E-state index is 0.0317. The van der Waals surface area contributed by atoms with Gasteiger partial charge in [-0.15, -0.1) is 0 Å². The van der Waals surface area contributed by atoms with Crippen LogP contribution in [-0.4, -0.2) is 22.0 Å². The third-order valence-corrected chi connectivity index (χ3v) is 4.91. The molecule has 1 saturated heterocycles. The first-order valence-corrected chi connectivity index (χ1v) is 9.09. The van der Waals surface area contributed by atoms with Gasteiger partial charge in [0.25, 0.3) is 11.8 Å². The number of carbonyl (C=O) groups excluding carboxylic acids is 2. The third kappa shape index (κ3) is 3.54. The lowest BCUT2D eigenvalue weighted by atomic mass is 10.1. The number of nitrogens with one attached hydrogen (secondary N) is 1. The molecular weight excluding hydrogens is 416 g/mol. The van der Waals surface area contributed by atoms with E-state index in [0.717, 1.165) is 12.0 Å². The second-order valence-corrected chi connectivity index (χ2v) is 6.93. The van der Waals surface area contributed by atoms with Gasteiger partial charge in [0.05, 0.1) is 10.2 Å². The van der Waals surface area contributed by atoms with Crippen molar-refractivity contribution in [1.29, 1.82) is 0 Å². The molecule has 1 fully saturated rings. The molecule has 0 aromatic heterocycles. The first-order valence-electron chi connectivity index (χ1n) is 7.89. The largest absolute Gasteiger partial charge is 0.507 e. The van der Waals surface area contributed by atoms with Crippen molar-refractivity contribution in [2.45, 2.75) is 13.3 Å². The Morgan fingerprint density at radius 3 is 2.50 bits per heavy atom. The van der Waals surface area contributed by atoms with E-state index in [9.17, 15) is 14.7 Å². The highest BCUT2D eigenvalue weighted by atomic mass is 79.9. The third-order valence-electron chi connectivity index (χ3n) is 3.99. The number of amides is 2. The summed E-state index contributed by atoms with van der Waals surface area (Å²) in [7, 11) is 0. The number of halogens is 1. The van der Waals surface area contributed by atoms with E-state index < -0.39 is 11.8 Å². The molecule has 0 aliphatic carbocycles. The van der Waals surface area contributed by atoms with E-state index in [2.05, 4.69) is 21.2 Å². The second-order valence-electron chi connectivity index (χ2n) is 5.69. The minimum atomic E-state index is -0.550. The maximum absolute atomic E-state index is 12.9. The Morgan fingerprint density at radius 1 is 1.19 bits per heavy atom. The number of nitrogens with zero attached hydrogens (tertiary/aromatic N) is 1. The molecule has 0 spiro atoms. The predicted octanol–water partition coefficient (Wildman–Crippen LogP) is 3.55. The molecule has 2 N–H and O–H groups in total. The quantitative estimate of drug-likeness (QED) is 0.443. The topological polar surface area (TPSA) is 69.6 Å². The van der Waals surface area contributed by atoms with E-state index in [0.29, 0.717) is 15.7 Å². The van der Waals surface area contributed by atoms with Crippen LogP contribution in [0.25, 0.3) is 6.08 Å². The minimum Gasteiger partial charge on any atom is -0.507 e. The molecule has 1 aliphatic heterocycles. The molecule has 0 radical (unpaired) electrons. The van der Waals surface area contributed by atoms with Crippen LogP contribution in [0.4, 0.5) is 5.69 Å². The summed E-state index contributed by atoms with van der Waals surface area (Å²) in [6.07, 6.45) is 2.35. The zero-order valence-electron chi connectivity index (χ0n) is 13.8. The van der Waals surface area contributed by atoms with Crippen molar-refractivity contribution in [2.24, 2.45) is 0 Å². The zero-order chi connectivity index (χ0) is 18.8. The standard InChI is InChI=1S/C19H15BrN2O3S/c1-2-11-3-6-13(7-4-11)22-18(25)14(17(24)21-19(22)26)9-12-5-8-16(23)15(20)10-12/h3-10,23H,2H2,1H3,(H,21,24,26). The van der Waals surface area contributed by atoms with Crippen LogP contribution >= 0.6 is 28.1 Å². The summed E-state index contributed by atoms with van der Waals surface area (Å²) in [6.45, 7) is 2.04. The van der Waals surface area contributed by atoms with Crippen molar-refractivity contribution < 1.29 is 14.7 Å². The Kier molecular flexibility index (Phi) is 5.20. The number of phenolic OH excluding ortho intramolecular Hbond substituents is 1. The molecule has 0 atom stereocenters.